The molecular weight excluding hydrogens is 459 g/mol. The van der Waals surface area contributed by atoms with Crippen LogP contribution in [0.25, 0.3) is 27.8 Å². The number of pyridine rings is 1. The summed E-state index contributed by atoms with van der Waals surface area (Å²) in [6.07, 6.45) is 2.29. The number of terminal acetylenes is 1. The number of alkyl halides is 3. The van der Waals surface area contributed by atoms with Crippen molar-refractivity contribution < 1.29 is 27.4 Å². The molecule has 0 amide bonds. The molecule has 4 aromatic rings. The molecular formula is C26H20F3N3O3. The third-order valence-corrected chi connectivity index (χ3v) is 5.48. The van der Waals surface area contributed by atoms with E-state index in [0.29, 0.717) is 16.9 Å². The Morgan fingerprint density at radius 2 is 1.71 bits per heavy atom. The number of imidazole rings is 1. The Morgan fingerprint density at radius 3 is 2.29 bits per heavy atom. The van der Waals surface area contributed by atoms with Crippen molar-refractivity contribution in [2.24, 2.45) is 0 Å². The van der Waals surface area contributed by atoms with E-state index in [1.165, 1.54) is 14.2 Å². The smallest absolute Gasteiger partial charge is 0.389 e. The van der Waals surface area contributed by atoms with Crippen molar-refractivity contribution in [1.82, 2.24) is 14.5 Å². The molecule has 9 heteroatoms. The van der Waals surface area contributed by atoms with Crippen LogP contribution in [0.4, 0.5) is 13.2 Å². The summed E-state index contributed by atoms with van der Waals surface area (Å²) < 4.78 is 50.4. The summed E-state index contributed by atoms with van der Waals surface area (Å²) in [7, 11) is 2.69. The summed E-state index contributed by atoms with van der Waals surface area (Å²) in [5.74, 6) is 2.00. The first-order valence-corrected chi connectivity index (χ1v) is 10.5. The number of aromatic nitrogens is 3. The Hall–Kier alpha value is -4.32. The number of halogens is 3. The third-order valence-electron chi connectivity index (χ3n) is 5.48. The van der Waals surface area contributed by atoms with Crippen molar-refractivity contribution in [3.8, 4) is 40.7 Å². The van der Waals surface area contributed by atoms with Crippen LogP contribution in [0.5, 0.6) is 11.5 Å². The van der Waals surface area contributed by atoms with Gasteiger partial charge in [-0.05, 0) is 23.8 Å². The summed E-state index contributed by atoms with van der Waals surface area (Å²) in [4.78, 5) is 21.3. The largest absolute Gasteiger partial charge is 0.496 e. The van der Waals surface area contributed by atoms with Gasteiger partial charge in [0.1, 0.15) is 29.1 Å². The van der Waals surface area contributed by atoms with Gasteiger partial charge in [-0.2, -0.15) is 13.2 Å². The molecule has 2 heterocycles. The lowest BCUT2D eigenvalue weighted by Gasteiger charge is -2.16. The molecule has 178 valence electrons. The van der Waals surface area contributed by atoms with Gasteiger partial charge >= 0.3 is 6.18 Å². The van der Waals surface area contributed by atoms with Crippen molar-refractivity contribution >= 4 is 16.8 Å². The number of ether oxygens (including phenoxy) is 2. The molecule has 0 aliphatic carbocycles. The van der Waals surface area contributed by atoms with E-state index in [0.717, 1.165) is 16.6 Å². The maximum absolute atomic E-state index is 12.6. The number of nitrogens with zero attached hydrogens (tertiary/aromatic N) is 3. The number of Topliss-reactive ketones (excluding diaryl/α,β-unsaturated/α-hetero) is 1. The van der Waals surface area contributed by atoms with Crippen LogP contribution in [0.1, 0.15) is 28.9 Å². The summed E-state index contributed by atoms with van der Waals surface area (Å²) in [6.45, 7) is 0. The molecule has 35 heavy (non-hydrogen) atoms. The molecule has 6 nitrogen and oxygen atoms in total. The fourth-order valence-corrected chi connectivity index (χ4v) is 3.74. The van der Waals surface area contributed by atoms with Crippen LogP contribution in [-0.4, -0.2) is 40.7 Å². The maximum atomic E-state index is 12.6. The van der Waals surface area contributed by atoms with Gasteiger partial charge in [0.25, 0.3) is 0 Å². The molecule has 4 rings (SSSR count). The van der Waals surface area contributed by atoms with Crippen LogP contribution >= 0.6 is 0 Å². The minimum Gasteiger partial charge on any atom is -0.496 e. The summed E-state index contributed by atoms with van der Waals surface area (Å²) in [5, 5.41) is 0. The predicted molar refractivity (Wildman–Crippen MR) is 125 cm³/mol. The zero-order valence-electron chi connectivity index (χ0n) is 18.9. The van der Waals surface area contributed by atoms with Crippen molar-refractivity contribution in [3.63, 3.8) is 0 Å². The molecule has 0 saturated carbocycles. The number of carbonyl (C=O) groups is 1. The Balaban J connectivity index is 1.72. The SMILES string of the molecule is C#Cc1ccc(-c2ccc3c(c2)ncn3-c2cc(OC)c(C(=O)CCC(F)(F)F)c(OC)c2)cn1. The summed E-state index contributed by atoms with van der Waals surface area (Å²) in [5.41, 5.74) is 4.33. The van der Waals surface area contributed by atoms with Gasteiger partial charge in [0.05, 0.1) is 37.4 Å². The van der Waals surface area contributed by atoms with E-state index in [2.05, 4.69) is 15.9 Å². The standard InChI is InChI=1S/C26H20F3N3O3/c1-4-18-7-5-17(14-30-18)16-6-8-21-20(11-16)31-15-32(21)19-12-23(34-2)25(24(13-19)35-3)22(33)9-10-26(27,28)29/h1,5-8,11-15H,9-10H2,2-3H3. The van der Waals surface area contributed by atoms with E-state index in [1.54, 1.807) is 35.3 Å². The number of rotatable bonds is 7. The molecule has 2 aromatic carbocycles. The summed E-state index contributed by atoms with van der Waals surface area (Å²) in [6, 6.07) is 12.5. The lowest BCUT2D eigenvalue weighted by molar-refractivity contribution is -0.133. The zero-order chi connectivity index (χ0) is 25.2. The van der Waals surface area contributed by atoms with E-state index in [9.17, 15) is 18.0 Å². The second-order valence-corrected chi connectivity index (χ2v) is 7.66. The van der Waals surface area contributed by atoms with Gasteiger partial charge in [0, 0.05) is 30.3 Å². The third kappa shape index (κ3) is 4.96. The first-order valence-electron chi connectivity index (χ1n) is 10.5. The van der Waals surface area contributed by atoms with Crippen molar-refractivity contribution in [2.75, 3.05) is 14.2 Å². The van der Waals surface area contributed by atoms with E-state index >= 15 is 0 Å². The van der Waals surface area contributed by atoms with Gasteiger partial charge in [-0.25, -0.2) is 9.97 Å². The van der Waals surface area contributed by atoms with Gasteiger partial charge in [-0.15, -0.1) is 6.42 Å². The minimum atomic E-state index is -4.44. The number of carbonyl (C=O) groups excluding carboxylic acids is 1. The molecule has 2 aromatic heterocycles. The molecule has 0 bridgehead atoms. The average molecular weight is 479 g/mol. The first-order chi connectivity index (χ1) is 16.7. The number of fused-ring (bicyclic) bond motifs is 1. The molecule has 0 fully saturated rings. The highest BCUT2D eigenvalue weighted by Gasteiger charge is 2.30. The highest BCUT2D eigenvalue weighted by atomic mass is 19.4. The average Bonchev–Trinajstić information content (AvgIpc) is 3.29. The normalized spacial score (nSPS) is 11.3. The minimum absolute atomic E-state index is 0.0300. The second kappa shape index (κ2) is 9.50. The van der Waals surface area contributed by atoms with E-state index < -0.39 is 24.8 Å². The molecule has 0 N–H and O–H groups in total. The van der Waals surface area contributed by atoms with Crippen LogP contribution in [0.3, 0.4) is 0 Å². The quantitative estimate of drug-likeness (QED) is 0.255. The van der Waals surface area contributed by atoms with Crippen molar-refractivity contribution in [1.29, 1.82) is 0 Å². The fraction of sp³-hybridized carbons (Fsp3) is 0.192. The molecule has 0 saturated heterocycles. The Kier molecular flexibility index (Phi) is 6.47. The molecule has 0 spiro atoms. The highest BCUT2D eigenvalue weighted by Crippen LogP contribution is 2.36. The van der Waals surface area contributed by atoms with Crippen molar-refractivity contribution in [2.45, 2.75) is 19.0 Å². The van der Waals surface area contributed by atoms with E-state index in [4.69, 9.17) is 15.9 Å². The number of ketones is 1. The van der Waals surface area contributed by atoms with Gasteiger partial charge in [-0.3, -0.25) is 9.36 Å². The fourth-order valence-electron chi connectivity index (χ4n) is 3.74. The van der Waals surface area contributed by atoms with E-state index in [1.807, 2.05) is 24.3 Å². The lowest BCUT2D eigenvalue weighted by Crippen LogP contribution is -2.13. The van der Waals surface area contributed by atoms with Crippen LogP contribution in [0.2, 0.25) is 0 Å². The van der Waals surface area contributed by atoms with Gasteiger partial charge in [0.2, 0.25) is 0 Å². The van der Waals surface area contributed by atoms with Crippen LogP contribution in [0.15, 0.2) is 55.0 Å². The van der Waals surface area contributed by atoms with Crippen LogP contribution in [-0.2, 0) is 0 Å². The zero-order valence-corrected chi connectivity index (χ0v) is 18.9. The second-order valence-electron chi connectivity index (χ2n) is 7.66. The number of methoxy groups -OCH3 is 2. The molecule has 0 atom stereocenters. The van der Waals surface area contributed by atoms with Gasteiger partial charge in [-0.1, -0.05) is 18.1 Å². The monoisotopic (exact) mass is 479 g/mol. The molecule has 0 unspecified atom stereocenters. The Morgan fingerprint density at radius 1 is 1.03 bits per heavy atom. The highest BCUT2D eigenvalue weighted by molar-refractivity contribution is 6.02. The lowest BCUT2D eigenvalue weighted by atomic mass is 10.0. The Labute approximate surface area is 199 Å². The van der Waals surface area contributed by atoms with Crippen molar-refractivity contribution in [3.05, 3.63) is 66.2 Å². The predicted octanol–water partition coefficient (Wildman–Crippen LogP) is 5.61. The van der Waals surface area contributed by atoms with Crippen LogP contribution < -0.4 is 9.47 Å². The molecule has 0 aliphatic rings. The first kappa shape index (κ1) is 23.8. The topological polar surface area (TPSA) is 66.2 Å². The molecule has 0 aliphatic heterocycles. The van der Waals surface area contributed by atoms with Gasteiger partial charge < -0.3 is 9.47 Å². The number of benzene rings is 2. The van der Waals surface area contributed by atoms with Crippen LogP contribution in [0, 0.1) is 12.3 Å². The summed E-state index contributed by atoms with van der Waals surface area (Å²) >= 11 is 0. The molecule has 0 radical (unpaired) electrons. The Bertz CT molecular complexity index is 1410. The number of hydrogen-bond acceptors (Lipinski definition) is 5. The maximum Gasteiger partial charge on any atom is 0.389 e. The number of hydrogen-bond donors (Lipinski definition) is 0. The van der Waals surface area contributed by atoms with Gasteiger partial charge in [0.15, 0.2) is 5.78 Å². The van der Waals surface area contributed by atoms with E-state index in [-0.39, 0.29) is 17.1 Å².